The van der Waals surface area contributed by atoms with Gasteiger partial charge in [-0.25, -0.2) is 4.68 Å². The highest BCUT2D eigenvalue weighted by Gasteiger charge is 2.18. The number of nitrogens with one attached hydrogen (secondary N) is 1. The molecule has 0 fully saturated rings. The third kappa shape index (κ3) is 1.67. The normalized spacial score (nSPS) is 13.7. The average molecular weight is 244 g/mol. The zero-order valence-electron chi connectivity index (χ0n) is 9.80. The average Bonchev–Trinajstić information content (AvgIpc) is 2.75. The SMILES string of the molecule is Cc1ccn(-c2cc3c(cc2N)OCC(=O)N3)n1. The number of aromatic nitrogens is 2. The molecule has 3 rings (SSSR count). The van der Waals surface area contributed by atoms with E-state index in [2.05, 4.69) is 10.4 Å². The maximum atomic E-state index is 11.3. The molecule has 6 heteroatoms. The highest BCUT2D eigenvalue weighted by atomic mass is 16.5. The Balaban J connectivity index is 2.11. The number of hydrogen-bond donors (Lipinski definition) is 2. The number of nitrogen functional groups attached to an aromatic ring is 1. The lowest BCUT2D eigenvalue weighted by Crippen LogP contribution is -2.25. The van der Waals surface area contributed by atoms with E-state index in [4.69, 9.17) is 10.5 Å². The molecule has 0 radical (unpaired) electrons. The third-order valence-electron chi connectivity index (χ3n) is 2.73. The van der Waals surface area contributed by atoms with Crippen LogP contribution in [0.5, 0.6) is 5.75 Å². The minimum Gasteiger partial charge on any atom is -0.482 e. The van der Waals surface area contributed by atoms with Crippen molar-refractivity contribution >= 4 is 17.3 Å². The topological polar surface area (TPSA) is 82.2 Å². The van der Waals surface area contributed by atoms with Gasteiger partial charge in [-0.15, -0.1) is 0 Å². The van der Waals surface area contributed by atoms with E-state index in [0.29, 0.717) is 22.8 Å². The van der Waals surface area contributed by atoms with Gasteiger partial charge in [0.25, 0.3) is 5.91 Å². The van der Waals surface area contributed by atoms with Crippen LogP contribution in [0.3, 0.4) is 0 Å². The fourth-order valence-electron chi connectivity index (χ4n) is 1.88. The lowest BCUT2D eigenvalue weighted by atomic mass is 10.2. The number of aryl methyl sites for hydroxylation is 1. The van der Waals surface area contributed by atoms with E-state index in [0.717, 1.165) is 5.69 Å². The number of ether oxygens (including phenoxy) is 1. The van der Waals surface area contributed by atoms with E-state index in [-0.39, 0.29) is 12.5 Å². The molecule has 0 saturated carbocycles. The molecular weight excluding hydrogens is 232 g/mol. The van der Waals surface area contributed by atoms with Crippen molar-refractivity contribution < 1.29 is 9.53 Å². The first kappa shape index (κ1) is 10.6. The summed E-state index contributed by atoms with van der Waals surface area (Å²) in [6.07, 6.45) is 1.82. The van der Waals surface area contributed by atoms with E-state index in [1.807, 2.05) is 19.2 Å². The van der Waals surface area contributed by atoms with Crippen molar-refractivity contribution in [2.45, 2.75) is 6.92 Å². The molecule has 6 nitrogen and oxygen atoms in total. The standard InChI is InChI=1S/C12H12N4O2/c1-7-2-3-16(15-7)10-5-9-11(4-8(10)13)18-6-12(17)14-9/h2-5H,6,13H2,1H3,(H,14,17). The Hall–Kier alpha value is -2.50. The van der Waals surface area contributed by atoms with Gasteiger partial charge >= 0.3 is 0 Å². The van der Waals surface area contributed by atoms with Crippen LogP contribution in [-0.4, -0.2) is 22.3 Å². The molecule has 18 heavy (non-hydrogen) atoms. The molecule has 1 aliphatic rings. The number of hydrogen-bond acceptors (Lipinski definition) is 4. The number of rotatable bonds is 1. The monoisotopic (exact) mass is 244 g/mol. The minimum atomic E-state index is -0.171. The Morgan fingerprint density at radius 1 is 1.50 bits per heavy atom. The molecule has 0 aliphatic carbocycles. The van der Waals surface area contributed by atoms with E-state index < -0.39 is 0 Å². The number of amides is 1. The Morgan fingerprint density at radius 2 is 2.33 bits per heavy atom. The number of benzene rings is 1. The summed E-state index contributed by atoms with van der Waals surface area (Å²) in [6, 6.07) is 5.34. The molecule has 1 aromatic carbocycles. The molecule has 2 heterocycles. The molecule has 1 aromatic heterocycles. The van der Waals surface area contributed by atoms with E-state index in [9.17, 15) is 4.79 Å². The molecule has 0 bridgehead atoms. The van der Waals surface area contributed by atoms with Crippen LogP contribution in [0.4, 0.5) is 11.4 Å². The first-order chi connectivity index (χ1) is 8.63. The van der Waals surface area contributed by atoms with Crippen LogP contribution >= 0.6 is 0 Å². The van der Waals surface area contributed by atoms with Crippen molar-refractivity contribution in [3.8, 4) is 11.4 Å². The molecule has 1 amide bonds. The maximum absolute atomic E-state index is 11.3. The number of nitrogens with zero attached hydrogens (tertiary/aromatic N) is 2. The van der Waals surface area contributed by atoms with Gasteiger partial charge in [0, 0.05) is 12.3 Å². The van der Waals surface area contributed by atoms with Crippen LogP contribution in [0, 0.1) is 6.92 Å². The summed E-state index contributed by atoms with van der Waals surface area (Å²) in [5, 5.41) is 7.04. The Morgan fingerprint density at radius 3 is 3.06 bits per heavy atom. The van der Waals surface area contributed by atoms with E-state index in [1.165, 1.54) is 0 Å². The van der Waals surface area contributed by atoms with E-state index >= 15 is 0 Å². The van der Waals surface area contributed by atoms with Crippen molar-refractivity contribution in [2.75, 3.05) is 17.7 Å². The summed E-state index contributed by atoms with van der Waals surface area (Å²) in [7, 11) is 0. The highest BCUT2D eigenvalue weighted by molar-refractivity contribution is 5.96. The van der Waals surface area contributed by atoms with Crippen molar-refractivity contribution in [2.24, 2.45) is 0 Å². The fourth-order valence-corrected chi connectivity index (χ4v) is 1.88. The van der Waals surface area contributed by atoms with Gasteiger partial charge in [-0.05, 0) is 19.1 Å². The second kappa shape index (κ2) is 3.76. The van der Waals surface area contributed by atoms with Crippen molar-refractivity contribution in [1.82, 2.24) is 9.78 Å². The zero-order chi connectivity index (χ0) is 12.7. The predicted molar refractivity (Wildman–Crippen MR) is 66.8 cm³/mol. The number of anilines is 2. The van der Waals surface area contributed by atoms with Crippen LogP contribution in [0.2, 0.25) is 0 Å². The van der Waals surface area contributed by atoms with Gasteiger partial charge in [-0.2, -0.15) is 5.10 Å². The summed E-state index contributed by atoms with van der Waals surface area (Å²) < 4.78 is 6.96. The summed E-state index contributed by atoms with van der Waals surface area (Å²) >= 11 is 0. The molecule has 1 aliphatic heterocycles. The van der Waals surface area contributed by atoms with Crippen molar-refractivity contribution in [1.29, 1.82) is 0 Å². The molecular formula is C12H12N4O2. The Bertz CT molecular complexity index is 633. The van der Waals surface area contributed by atoms with Crippen LogP contribution in [0.25, 0.3) is 5.69 Å². The minimum absolute atomic E-state index is 0.0205. The Kier molecular flexibility index (Phi) is 2.22. The molecule has 0 spiro atoms. The van der Waals surface area contributed by atoms with E-state index in [1.54, 1.807) is 16.8 Å². The molecule has 3 N–H and O–H groups in total. The van der Waals surface area contributed by atoms with Crippen LogP contribution in [-0.2, 0) is 4.79 Å². The quantitative estimate of drug-likeness (QED) is 0.736. The van der Waals surface area contributed by atoms with Gasteiger partial charge in [-0.3, -0.25) is 4.79 Å². The molecule has 92 valence electrons. The van der Waals surface area contributed by atoms with Gasteiger partial charge in [0.1, 0.15) is 5.75 Å². The largest absolute Gasteiger partial charge is 0.482 e. The van der Waals surface area contributed by atoms with Crippen LogP contribution in [0.15, 0.2) is 24.4 Å². The zero-order valence-corrected chi connectivity index (χ0v) is 9.80. The molecule has 0 atom stereocenters. The van der Waals surface area contributed by atoms with Gasteiger partial charge in [-0.1, -0.05) is 0 Å². The second-order valence-electron chi connectivity index (χ2n) is 4.15. The summed E-state index contributed by atoms with van der Waals surface area (Å²) in [6.45, 7) is 1.92. The van der Waals surface area contributed by atoms with Gasteiger partial charge in [0.15, 0.2) is 6.61 Å². The predicted octanol–water partition coefficient (Wildman–Crippen LogP) is 1.09. The second-order valence-corrected chi connectivity index (χ2v) is 4.15. The maximum Gasteiger partial charge on any atom is 0.262 e. The first-order valence-electron chi connectivity index (χ1n) is 5.52. The number of nitrogens with two attached hydrogens (primary N) is 1. The van der Waals surface area contributed by atoms with Crippen molar-refractivity contribution in [3.05, 3.63) is 30.1 Å². The number of fused-ring (bicyclic) bond motifs is 1. The summed E-state index contributed by atoms with van der Waals surface area (Å²) in [4.78, 5) is 11.3. The lowest BCUT2D eigenvalue weighted by Gasteiger charge is -2.19. The van der Waals surface area contributed by atoms with Crippen molar-refractivity contribution in [3.63, 3.8) is 0 Å². The van der Waals surface area contributed by atoms with Crippen LogP contribution < -0.4 is 15.8 Å². The summed E-state index contributed by atoms with van der Waals surface area (Å²) in [5.41, 5.74) is 8.74. The lowest BCUT2D eigenvalue weighted by molar-refractivity contribution is -0.118. The Labute approximate surface area is 103 Å². The summed E-state index contributed by atoms with van der Waals surface area (Å²) in [5.74, 6) is 0.412. The third-order valence-corrected chi connectivity index (χ3v) is 2.73. The smallest absolute Gasteiger partial charge is 0.262 e. The number of carbonyl (C=O) groups excluding carboxylic acids is 1. The molecule has 0 saturated heterocycles. The highest BCUT2D eigenvalue weighted by Crippen LogP contribution is 2.33. The van der Waals surface area contributed by atoms with Gasteiger partial charge in [0.2, 0.25) is 0 Å². The fraction of sp³-hybridized carbons (Fsp3) is 0.167. The first-order valence-corrected chi connectivity index (χ1v) is 5.52. The molecule has 0 unspecified atom stereocenters. The number of carbonyl (C=O) groups is 1. The van der Waals surface area contributed by atoms with Gasteiger partial charge < -0.3 is 15.8 Å². The molecule has 2 aromatic rings. The van der Waals surface area contributed by atoms with Gasteiger partial charge in [0.05, 0.1) is 22.8 Å². The van der Waals surface area contributed by atoms with Crippen LogP contribution in [0.1, 0.15) is 5.69 Å².